The molecule has 0 aliphatic carbocycles. The molecule has 2 aromatic rings. The molecule has 1 heterocycles. The first-order valence-corrected chi connectivity index (χ1v) is 6.60. The van der Waals surface area contributed by atoms with Gasteiger partial charge in [-0.05, 0) is 30.7 Å². The maximum absolute atomic E-state index is 6.12. The number of hydrogen-bond acceptors (Lipinski definition) is 3. The summed E-state index contributed by atoms with van der Waals surface area (Å²) in [5.41, 5.74) is 3.04. The van der Waals surface area contributed by atoms with Crippen LogP contribution in [0.1, 0.15) is 11.3 Å². The Morgan fingerprint density at radius 2 is 2.21 bits per heavy atom. The van der Waals surface area contributed by atoms with E-state index in [0.29, 0.717) is 6.61 Å². The number of nitrogens with one attached hydrogen (secondary N) is 1. The number of ether oxygens (including phenoxy) is 1. The van der Waals surface area contributed by atoms with E-state index in [4.69, 9.17) is 16.3 Å². The van der Waals surface area contributed by atoms with Gasteiger partial charge in [-0.1, -0.05) is 17.7 Å². The van der Waals surface area contributed by atoms with E-state index in [0.717, 1.165) is 35.1 Å². The minimum absolute atomic E-state index is 0.702. The highest BCUT2D eigenvalue weighted by molar-refractivity contribution is 6.31. The van der Waals surface area contributed by atoms with E-state index in [-0.39, 0.29) is 0 Å². The summed E-state index contributed by atoms with van der Waals surface area (Å²) in [7, 11) is 1.69. The maximum Gasteiger partial charge on any atom is 0.0766 e. The molecular weight excluding hydrogens is 262 g/mol. The average molecular weight is 280 g/mol. The fraction of sp³-hybridized carbons (Fsp3) is 0.357. The van der Waals surface area contributed by atoms with Crippen LogP contribution in [0.25, 0.3) is 5.69 Å². The van der Waals surface area contributed by atoms with Crippen LogP contribution in [0.15, 0.2) is 30.5 Å². The second kappa shape index (κ2) is 6.70. The number of aromatic nitrogens is 2. The Labute approximate surface area is 118 Å². The zero-order valence-corrected chi connectivity index (χ0v) is 11.9. The molecule has 2 rings (SSSR count). The van der Waals surface area contributed by atoms with Crippen molar-refractivity contribution >= 4 is 11.6 Å². The summed E-state index contributed by atoms with van der Waals surface area (Å²) in [6.45, 7) is 4.25. The summed E-state index contributed by atoms with van der Waals surface area (Å²) in [5.74, 6) is 0. The molecule has 19 heavy (non-hydrogen) atoms. The van der Waals surface area contributed by atoms with Gasteiger partial charge >= 0.3 is 0 Å². The number of nitrogens with zero attached hydrogens (tertiary/aromatic N) is 2. The van der Waals surface area contributed by atoms with Crippen molar-refractivity contribution in [2.75, 3.05) is 20.3 Å². The quantitative estimate of drug-likeness (QED) is 0.826. The van der Waals surface area contributed by atoms with E-state index >= 15 is 0 Å². The minimum atomic E-state index is 0.702. The smallest absolute Gasteiger partial charge is 0.0766 e. The largest absolute Gasteiger partial charge is 0.383 e. The Balaban J connectivity index is 2.06. The van der Waals surface area contributed by atoms with Gasteiger partial charge in [0.15, 0.2) is 0 Å². The van der Waals surface area contributed by atoms with Gasteiger partial charge < -0.3 is 10.1 Å². The second-order valence-electron chi connectivity index (χ2n) is 4.31. The van der Waals surface area contributed by atoms with E-state index in [9.17, 15) is 0 Å². The van der Waals surface area contributed by atoms with Gasteiger partial charge in [-0.2, -0.15) is 5.10 Å². The number of benzene rings is 1. The molecule has 1 aromatic carbocycles. The van der Waals surface area contributed by atoms with Gasteiger partial charge in [0.2, 0.25) is 0 Å². The normalized spacial score (nSPS) is 10.9. The first-order valence-electron chi connectivity index (χ1n) is 6.22. The molecule has 0 bridgehead atoms. The first kappa shape index (κ1) is 14.1. The lowest BCUT2D eigenvalue weighted by molar-refractivity contribution is 0.199. The molecule has 4 nitrogen and oxygen atoms in total. The zero-order valence-electron chi connectivity index (χ0n) is 11.2. The fourth-order valence-electron chi connectivity index (χ4n) is 1.83. The Kier molecular flexibility index (Phi) is 4.96. The molecule has 102 valence electrons. The molecule has 0 saturated heterocycles. The zero-order chi connectivity index (χ0) is 13.7. The molecule has 0 spiro atoms. The highest BCUT2D eigenvalue weighted by Gasteiger charge is 2.06. The Bertz CT molecular complexity index is 539. The summed E-state index contributed by atoms with van der Waals surface area (Å²) >= 11 is 6.12. The Hall–Kier alpha value is -1.36. The van der Waals surface area contributed by atoms with Crippen molar-refractivity contribution in [2.45, 2.75) is 13.5 Å². The molecular formula is C14H18ClN3O. The van der Waals surface area contributed by atoms with Crippen molar-refractivity contribution in [3.8, 4) is 5.69 Å². The number of methoxy groups -OCH3 is 1. The summed E-state index contributed by atoms with van der Waals surface area (Å²) in [6.07, 6.45) is 1.95. The maximum atomic E-state index is 6.12. The van der Waals surface area contributed by atoms with E-state index in [2.05, 4.69) is 10.4 Å². The van der Waals surface area contributed by atoms with Gasteiger partial charge in [0, 0.05) is 31.4 Å². The van der Waals surface area contributed by atoms with Crippen molar-refractivity contribution in [3.63, 3.8) is 0 Å². The standard InChI is InChI=1S/C14H18ClN3O/c1-11-13(15)4-3-5-14(11)18-8-6-12(17-18)10-16-7-9-19-2/h3-6,8,16H,7,9-10H2,1-2H3. The summed E-state index contributed by atoms with van der Waals surface area (Å²) < 4.78 is 6.84. The van der Waals surface area contributed by atoms with Crippen LogP contribution >= 0.6 is 11.6 Å². The third kappa shape index (κ3) is 3.56. The van der Waals surface area contributed by atoms with Gasteiger partial charge in [-0.3, -0.25) is 0 Å². The predicted octanol–water partition coefficient (Wildman–Crippen LogP) is 2.57. The van der Waals surface area contributed by atoms with Gasteiger partial charge in [0.25, 0.3) is 0 Å². The third-order valence-electron chi connectivity index (χ3n) is 2.92. The van der Waals surface area contributed by atoms with Gasteiger partial charge in [-0.25, -0.2) is 4.68 Å². The molecule has 0 saturated carbocycles. The third-order valence-corrected chi connectivity index (χ3v) is 3.33. The van der Waals surface area contributed by atoms with Crippen LogP contribution in [0.5, 0.6) is 0 Å². The van der Waals surface area contributed by atoms with Crippen LogP contribution < -0.4 is 5.32 Å². The highest BCUT2D eigenvalue weighted by Crippen LogP contribution is 2.21. The van der Waals surface area contributed by atoms with Crippen LogP contribution in [0.3, 0.4) is 0 Å². The molecule has 0 amide bonds. The van der Waals surface area contributed by atoms with Gasteiger partial charge in [0.05, 0.1) is 18.0 Å². The van der Waals surface area contributed by atoms with Crippen molar-refractivity contribution in [1.29, 1.82) is 0 Å². The summed E-state index contributed by atoms with van der Waals surface area (Å²) in [6, 6.07) is 7.83. The SMILES string of the molecule is COCCNCc1ccn(-c2cccc(Cl)c2C)n1. The van der Waals surface area contributed by atoms with E-state index < -0.39 is 0 Å². The summed E-state index contributed by atoms with van der Waals surface area (Å²) in [5, 5.41) is 8.56. The Morgan fingerprint density at radius 3 is 3.00 bits per heavy atom. The molecule has 0 atom stereocenters. The molecule has 0 aliphatic rings. The molecule has 1 N–H and O–H groups in total. The van der Waals surface area contributed by atoms with E-state index in [1.807, 2.05) is 42.1 Å². The molecule has 0 unspecified atom stereocenters. The topological polar surface area (TPSA) is 39.1 Å². The lowest BCUT2D eigenvalue weighted by Gasteiger charge is -2.07. The van der Waals surface area contributed by atoms with Gasteiger partial charge in [-0.15, -0.1) is 0 Å². The van der Waals surface area contributed by atoms with Gasteiger partial charge in [0.1, 0.15) is 0 Å². The van der Waals surface area contributed by atoms with Crippen LogP contribution in [0, 0.1) is 6.92 Å². The number of halogens is 1. The number of hydrogen-bond donors (Lipinski definition) is 1. The minimum Gasteiger partial charge on any atom is -0.383 e. The van der Waals surface area contributed by atoms with E-state index in [1.54, 1.807) is 7.11 Å². The van der Waals surface area contributed by atoms with Crippen LogP contribution in [0.2, 0.25) is 5.02 Å². The average Bonchev–Trinajstić information content (AvgIpc) is 2.87. The van der Waals surface area contributed by atoms with Crippen molar-refractivity contribution in [3.05, 3.63) is 46.7 Å². The summed E-state index contributed by atoms with van der Waals surface area (Å²) in [4.78, 5) is 0. The van der Waals surface area contributed by atoms with Crippen LogP contribution in [-0.2, 0) is 11.3 Å². The van der Waals surface area contributed by atoms with E-state index in [1.165, 1.54) is 0 Å². The lowest BCUT2D eigenvalue weighted by Crippen LogP contribution is -2.18. The van der Waals surface area contributed by atoms with Crippen molar-refractivity contribution < 1.29 is 4.74 Å². The van der Waals surface area contributed by atoms with Crippen molar-refractivity contribution in [2.24, 2.45) is 0 Å². The monoisotopic (exact) mass is 279 g/mol. The van der Waals surface area contributed by atoms with Crippen molar-refractivity contribution in [1.82, 2.24) is 15.1 Å². The van der Waals surface area contributed by atoms with Crippen LogP contribution in [0.4, 0.5) is 0 Å². The molecule has 0 aliphatic heterocycles. The van der Waals surface area contributed by atoms with Crippen LogP contribution in [-0.4, -0.2) is 30.0 Å². The molecule has 5 heteroatoms. The number of rotatable bonds is 6. The lowest BCUT2D eigenvalue weighted by atomic mass is 10.2. The predicted molar refractivity (Wildman–Crippen MR) is 76.9 cm³/mol. The molecule has 1 aromatic heterocycles. The first-order chi connectivity index (χ1) is 9.22. The Morgan fingerprint density at radius 1 is 1.37 bits per heavy atom. The second-order valence-corrected chi connectivity index (χ2v) is 4.71. The molecule has 0 radical (unpaired) electrons. The highest BCUT2D eigenvalue weighted by atomic mass is 35.5. The fourth-order valence-corrected chi connectivity index (χ4v) is 1.99. The molecule has 0 fully saturated rings.